The number of carbonyl (C=O) groups excluding carboxylic acids is 1. The molecular weight excluding hydrogens is 668 g/mol. The van der Waals surface area contributed by atoms with E-state index in [1.165, 1.54) is 32.4 Å². The molecule has 49 heavy (non-hydrogen) atoms. The van der Waals surface area contributed by atoms with E-state index in [4.69, 9.17) is 37.9 Å². The summed E-state index contributed by atoms with van der Waals surface area (Å²) in [4.78, 5) is 12.7. The van der Waals surface area contributed by atoms with Crippen molar-refractivity contribution < 1.29 is 98.9 Å². The van der Waals surface area contributed by atoms with Crippen LogP contribution in [-0.2, 0) is 33.2 Å². The number of esters is 1. The Hall–Kier alpha value is -2.77. The SMILES string of the molecule is COc1cc(/C=C/C(=O)O[C@@H]2[C@@H](O)[C@H](O[C@H]3[C@H](O)[C@@H](O)[C@@H](O[C@]4(CO)O[C@H](CO)[C@@H](O)[C@@H]4O)O[C@@H]3CO)O[C@H](CO)[C@H]2O)cc(OC)c1O. The Bertz CT molecular complexity index is 1250. The molecule has 14 atom stereocenters. The highest BCUT2D eigenvalue weighted by atomic mass is 16.8. The van der Waals surface area contributed by atoms with Crippen LogP contribution in [0.5, 0.6) is 17.2 Å². The van der Waals surface area contributed by atoms with Gasteiger partial charge in [0.05, 0.1) is 34.0 Å². The number of aromatic hydroxyl groups is 1. The zero-order chi connectivity index (χ0) is 36.2. The monoisotopic (exact) mass is 710 g/mol. The fraction of sp³-hybridized carbons (Fsp3) is 0.690. The van der Waals surface area contributed by atoms with E-state index in [0.717, 1.165) is 6.08 Å². The summed E-state index contributed by atoms with van der Waals surface area (Å²) >= 11 is 0. The van der Waals surface area contributed by atoms with Gasteiger partial charge >= 0.3 is 5.97 Å². The smallest absolute Gasteiger partial charge is 0.331 e. The minimum absolute atomic E-state index is 0.0398. The van der Waals surface area contributed by atoms with Gasteiger partial charge in [-0.1, -0.05) is 0 Å². The van der Waals surface area contributed by atoms with Gasteiger partial charge in [-0.05, 0) is 23.8 Å². The fourth-order valence-corrected chi connectivity index (χ4v) is 5.59. The lowest BCUT2D eigenvalue weighted by Gasteiger charge is -2.47. The van der Waals surface area contributed by atoms with Crippen LogP contribution in [0.25, 0.3) is 6.08 Å². The normalized spacial score (nSPS) is 39.6. The van der Waals surface area contributed by atoms with Crippen LogP contribution in [0.15, 0.2) is 18.2 Å². The zero-order valence-corrected chi connectivity index (χ0v) is 26.2. The minimum Gasteiger partial charge on any atom is -0.502 e. The topological polar surface area (TPSA) is 313 Å². The van der Waals surface area contributed by atoms with Crippen LogP contribution in [0.3, 0.4) is 0 Å². The van der Waals surface area contributed by atoms with Crippen molar-refractivity contribution in [1.82, 2.24) is 0 Å². The molecule has 11 N–H and O–H groups in total. The molecule has 3 fully saturated rings. The quantitative estimate of drug-likeness (QED) is 0.0671. The van der Waals surface area contributed by atoms with Crippen molar-refractivity contribution in [1.29, 1.82) is 0 Å². The van der Waals surface area contributed by atoms with Gasteiger partial charge in [0, 0.05) is 6.08 Å². The summed E-state index contributed by atoms with van der Waals surface area (Å²) in [6.07, 6.45) is -21.1. The van der Waals surface area contributed by atoms with Gasteiger partial charge in [-0.2, -0.15) is 0 Å². The average Bonchev–Trinajstić information content (AvgIpc) is 3.34. The van der Waals surface area contributed by atoms with Crippen molar-refractivity contribution in [3.8, 4) is 17.2 Å². The number of hydrogen-bond acceptors (Lipinski definition) is 20. The Morgan fingerprint density at radius 1 is 0.776 bits per heavy atom. The maximum Gasteiger partial charge on any atom is 0.331 e. The van der Waals surface area contributed by atoms with E-state index < -0.39 is 118 Å². The molecule has 0 unspecified atom stereocenters. The Labute approximate surface area is 278 Å². The zero-order valence-electron chi connectivity index (χ0n) is 26.2. The third kappa shape index (κ3) is 7.93. The molecule has 4 rings (SSSR count). The molecule has 1 aromatic carbocycles. The Morgan fingerprint density at radius 2 is 1.37 bits per heavy atom. The number of phenols is 1. The lowest BCUT2D eigenvalue weighted by Crippen LogP contribution is -2.66. The maximum atomic E-state index is 12.7. The van der Waals surface area contributed by atoms with Crippen LogP contribution >= 0.6 is 0 Å². The number of methoxy groups -OCH3 is 2. The highest BCUT2D eigenvalue weighted by Gasteiger charge is 2.59. The molecule has 0 spiro atoms. The van der Waals surface area contributed by atoms with Crippen molar-refractivity contribution in [2.75, 3.05) is 40.6 Å². The third-order valence-corrected chi connectivity index (χ3v) is 8.32. The summed E-state index contributed by atoms with van der Waals surface area (Å²) in [5.41, 5.74) is 0.330. The van der Waals surface area contributed by atoms with E-state index in [-0.39, 0.29) is 17.2 Å². The summed E-state index contributed by atoms with van der Waals surface area (Å²) in [5, 5.41) is 113. The second-order valence-electron chi connectivity index (χ2n) is 11.4. The molecular formula is C29H42O20. The first-order valence-corrected chi connectivity index (χ1v) is 15.0. The molecule has 0 aromatic heterocycles. The molecule has 3 heterocycles. The van der Waals surface area contributed by atoms with E-state index in [1.807, 2.05) is 0 Å². The van der Waals surface area contributed by atoms with Crippen molar-refractivity contribution in [3.05, 3.63) is 23.8 Å². The van der Waals surface area contributed by atoms with Crippen LogP contribution in [0.4, 0.5) is 0 Å². The summed E-state index contributed by atoms with van der Waals surface area (Å²) in [6, 6.07) is 2.76. The molecule has 3 saturated heterocycles. The number of aliphatic hydroxyl groups excluding tert-OH is 10. The van der Waals surface area contributed by atoms with Crippen molar-refractivity contribution in [2.45, 2.75) is 85.5 Å². The molecule has 20 heteroatoms. The molecule has 3 aliphatic rings. The van der Waals surface area contributed by atoms with Gasteiger partial charge < -0.3 is 94.1 Å². The first-order valence-electron chi connectivity index (χ1n) is 15.0. The third-order valence-electron chi connectivity index (χ3n) is 8.32. The summed E-state index contributed by atoms with van der Waals surface area (Å²) < 4.78 is 42.7. The van der Waals surface area contributed by atoms with Gasteiger partial charge in [-0.25, -0.2) is 4.79 Å². The second kappa shape index (κ2) is 16.5. The summed E-state index contributed by atoms with van der Waals surface area (Å²) in [5.74, 6) is -3.71. The minimum atomic E-state index is -2.43. The van der Waals surface area contributed by atoms with Gasteiger partial charge in [0.1, 0.15) is 67.6 Å². The molecule has 0 bridgehead atoms. The van der Waals surface area contributed by atoms with Gasteiger partial charge in [-0.3, -0.25) is 0 Å². The number of rotatable bonds is 13. The Kier molecular flexibility index (Phi) is 13.1. The van der Waals surface area contributed by atoms with E-state index >= 15 is 0 Å². The average molecular weight is 711 g/mol. The number of aliphatic hydroxyl groups is 10. The van der Waals surface area contributed by atoms with Crippen molar-refractivity contribution in [2.24, 2.45) is 0 Å². The van der Waals surface area contributed by atoms with Crippen molar-refractivity contribution in [3.63, 3.8) is 0 Å². The van der Waals surface area contributed by atoms with Gasteiger partial charge in [0.15, 0.2) is 30.2 Å². The van der Waals surface area contributed by atoms with Crippen LogP contribution in [0, 0.1) is 0 Å². The number of ether oxygens (including phenoxy) is 8. The van der Waals surface area contributed by atoms with E-state index in [1.54, 1.807) is 0 Å². The van der Waals surface area contributed by atoms with Crippen LogP contribution < -0.4 is 9.47 Å². The number of benzene rings is 1. The molecule has 20 nitrogen and oxygen atoms in total. The fourth-order valence-electron chi connectivity index (χ4n) is 5.59. The predicted molar refractivity (Wildman–Crippen MR) is 155 cm³/mol. The lowest BCUT2D eigenvalue weighted by atomic mass is 9.96. The van der Waals surface area contributed by atoms with Crippen molar-refractivity contribution >= 4 is 12.0 Å². The van der Waals surface area contributed by atoms with E-state index in [0.29, 0.717) is 5.56 Å². The highest BCUT2D eigenvalue weighted by molar-refractivity contribution is 5.87. The molecule has 3 aliphatic heterocycles. The summed E-state index contributed by atoms with van der Waals surface area (Å²) in [6.45, 7) is -3.66. The van der Waals surface area contributed by atoms with Gasteiger partial charge in [-0.15, -0.1) is 0 Å². The second-order valence-corrected chi connectivity index (χ2v) is 11.4. The predicted octanol–water partition coefficient (Wildman–Crippen LogP) is -5.58. The number of hydrogen-bond donors (Lipinski definition) is 11. The molecule has 0 amide bonds. The standard InChI is InChI=1S/C29H42O20/c1-42-12-5-11(6-13(43-2)18(12)35)3-4-17(34)46-25-19(36)14(7-30)44-27(23(25)40)47-24-16(9-32)45-28(22(39)21(24)38)49-29(10-33)26(41)20(37)15(8-31)48-29/h3-6,14-16,19-28,30-33,35-41H,7-10H2,1-2H3/b4-3+/t14-,15-,16-,19-,20-,21-,22-,23-,24-,25+,26+,27+,28-,29+/m1/s1. The Balaban J connectivity index is 1.48. The maximum absolute atomic E-state index is 12.7. The van der Waals surface area contributed by atoms with Crippen LogP contribution in [0.2, 0.25) is 0 Å². The molecule has 0 saturated carbocycles. The lowest BCUT2D eigenvalue weighted by molar-refractivity contribution is -0.398. The number of phenolic OH excluding ortho intramolecular Hbond substituents is 1. The highest BCUT2D eigenvalue weighted by Crippen LogP contribution is 2.39. The first-order chi connectivity index (χ1) is 23.3. The molecule has 278 valence electrons. The summed E-state index contributed by atoms with van der Waals surface area (Å²) in [7, 11) is 2.61. The molecule has 1 aromatic rings. The molecule has 0 aliphatic carbocycles. The Morgan fingerprint density at radius 3 is 1.90 bits per heavy atom. The van der Waals surface area contributed by atoms with Crippen LogP contribution in [0.1, 0.15) is 5.56 Å². The van der Waals surface area contributed by atoms with Crippen LogP contribution in [-0.4, -0.2) is 188 Å². The van der Waals surface area contributed by atoms with E-state index in [2.05, 4.69) is 0 Å². The van der Waals surface area contributed by atoms with Gasteiger partial charge in [0.25, 0.3) is 0 Å². The first kappa shape index (κ1) is 39.0. The van der Waals surface area contributed by atoms with Gasteiger partial charge in [0.2, 0.25) is 11.5 Å². The molecule has 0 radical (unpaired) electrons. The largest absolute Gasteiger partial charge is 0.502 e. The number of carbonyl (C=O) groups is 1. The van der Waals surface area contributed by atoms with E-state index in [9.17, 15) is 61.0 Å².